The second kappa shape index (κ2) is 4.68. The Morgan fingerprint density at radius 2 is 1.94 bits per heavy atom. The van der Waals surface area contributed by atoms with Crippen molar-refractivity contribution in [2.75, 3.05) is 6.54 Å². The van der Waals surface area contributed by atoms with Crippen LogP contribution in [0.5, 0.6) is 0 Å². The van der Waals surface area contributed by atoms with Crippen LogP contribution in [-0.2, 0) is 0 Å². The van der Waals surface area contributed by atoms with Crippen molar-refractivity contribution >= 4 is 18.5 Å². The fraction of sp³-hybridized carbons (Fsp3) is 0.364. The third-order valence-electron chi connectivity index (χ3n) is 2.72. The molecule has 1 aliphatic carbocycles. The van der Waals surface area contributed by atoms with Gasteiger partial charge in [-0.05, 0) is 36.4 Å². The second-order valence-electron chi connectivity index (χ2n) is 4.15. The molecule has 3 N–H and O–H groups in total. The minimum atomic E-state index is -1.48. The summed E-state index contributed by atoms with van der Waals surface area (Å²) in [5.41, 5.74) is 0.934. The summed E-state index contributed by atoms with van der Waals surface area (Å²) in [6.45, 7) is 0.739. The van der Waals surface area contributed by atoms with E-state index in [0.29, 0.717) is 16.9 Å². The molecule has 16 heavy (non-hydrogen) atoms. The van der Waals surface area contributed by atoms with Gasteiger partial charge in [0.05, 0.1) is 0 Å². The number of rotatable bonds is 4. The zero-order chi connectivity index (χ0) is 11.5. The van der Waals surface area contributed by atoms with E-state index in [2.05, 4.69) is 5.32 Å². The van der Waals surface area contributed by atoms with Crippen molar-refractivity contribution in [3.63, 3.8) is 0 Å². The number of benzene rings is 1. The smallest absolute Gasteiger partial charge is 0.423 e. The van der Waals surface area contributed by atoms with Gasteiger partial charge in [-0.2, -0.15) is 0 Å². The molecule has 1 aromatic rings. The summed E-state index contributed by atoms with van der Waals surface area (Å²) in [6.07, 6.45) is 2.41. The maximum atomic E-state index is 11.6. The Hall–Kier alpha value is -1.33. The first kappa shape index (κ1) is 11.2. The van der Waals surface area contributed by atoms with Gasteiger partial charge in [-0.3, -0.25) is 4.79 Å². The van der Waals surface area contributed by atoms with Crippen LogP contribution in [0.2, 0.25) is 0 Å². The number of hydrogen-bond donors (Lipinski definition) is 3. The van der Waals surface area contributed by atoms with Crippen molar-refractivity contribution < 1.29 is 14.8 Å². The first-order valence-corrected chi connectivity index (χ1v) is 5.41. The van der Waals surface area contributed by atoms with E-state index < -0.39 is 7.12 Å². The van der Waals surface area contributed by atoms with Crippen molar-refractivity contribution in [3.05, 3.63) is 29.8 Å². The lowest BCUT2D eigenvalue weighted by Crippen LogP contribution is -2.30. The highest BCUT2D eigenvalue weighted by Gasteiger charge is 2.21. The molecule has 0 aliphatic heterocycles. The Balaban J connectivity index is 1.94. The monoisotopic (exact) mass is 219 g/mol. The van der Waals surface area contributed by atoms with Crippen LogP contribution in [0, 0.1) is 5.92 Å². The maximum absolute atomic E-state index is 11.6. The van der Waals surface area contributed by atoms with Gasteiger partial charge in [0, 0.05) is 12.1 Å². The van der Waals surface area contributed by atoms with Crippen LogP contribution in [0.4, 0.5) is 0 Å². The quantitative estimate of drug-likeness (QED) is 0.598. The van der Waals surface area contributed by atoms with Crippen LogP contribution in [0.15, 0.2) is 24.3 Å². The average Bonchev–Trinajstić information content (AvgIpc) is 3.10. The van der Waals surface area contributed by atoms with Gasteiger partial charge in [0.2, 0.25) is 0 Å². The van der Waals surface area contributed by atoms with E-state index in [0.717, 1.165) is 6.54 Å². The van der Waals surface area contributed by atoms with E-state index in [-0.39, 0.29) is 5.91 Å². The highest BCUT2D eigenvalue weighted by Crippen LogP contribution is 2.27. The normalized spacial score (nSPS) is 14.6. The van der Waals surface area contributed by atoms with Gasteiger partial charge in [-0.15, -0.1) is 0 Å². The Labute approximate surface area is 94.4 Å². The molecule has 1 aliphatic rings. The summed E-state index contributed by atoms with van der Waals surface area (Å²) in [7, 11) is -1.48. The summed E-state index contributed by atoms with van der Waals surface area (Å²) in [4.78, 5) is 11.6. The van der Waals surface area contributed by atoms with Crippen LogP contribution in [0.1, 0.15) is 23.2 Å². The lowest BCUT2D eigenvalue weighted by molar-refractivity contribution is 0.0952. The largest absolute Gasteiger partial charge is 0.488 e. The van der Waals surface area contributed by atoms with Gasteiger partial charge in [0.25, 0.3) is 5.91 Å². The zero-order valence-corrected chi connectivity index (χ0v) is 8.89. The lowest BCUT2D eigenvalue weighted by Gasteiger charge is -2.05. The third kappa shape index (κ3) is 2.84. The Bertz CT molecular complexity index is 373. The topological polar surface area (TPSA) is 69.6 Å². The predicted octanol–water partition coefficient (Wildman–Crippen LogP) is -0.494. The van der Waals surface area contributed by atoms with Gasteiger partial charge in [-0.1, -0.05) is 12.1 Å². The van der Waals surface area contributed by atoms with Crippen molar-refractivity contribution in [1.29, 1.82) is 0 Å². The molecule has 0 aromatic heterocycles. The summed E-state index contributed by atoms with van der Waals surface area (Å²) < 4.78 is 0. The molecule has 4 nitrogen and oxygen atoms in total. The second-order valence-corrected chi connectivity index (χ2v) is 4.15. The molecule has 1 aromatic carbocycles. The summed E-state index contributed by atoms with van der Waals surface area (Å²) in [5.74, 6) is 0.549. The predicted molar refractivity (Wildman–Crippen MR) is 61.3 cm³/mol. The summed E-state index contributed by atoms with van der Waals surface area (Å²) in [5, 5.41) is 20.6. The number of hydrogen-bond acceptors (Lipinski definition) is 3. The van der Waals surface area contributed by atoms with Gasteiger partial charge < -0.3 is 15.4 Å². The first-order chi connectivity index (χ1) is 7.66. The Morgan fingerprint density at radius 1 is 1.31 bits per heavy atom. The molecule has 5 heteroatoms. The van der Waals surface area contributed by atoms with Crippen LogP contribution >= 0.6 is 0 Å². The minimum absolute atomic E-state index is 0.106. The Morgan fingerprint density at radius 3 is 2.44 bits per heavy atom. The molecule has 0 saturated heterocycles. The van der Waals surface area contributed by atoms with Crippen LogP contribution in [0.25, 0.3) is 0 Å². The molecule has 0 unspecified atom stereocenters. The zero-order valence-electron chi connectivity index (χ0n) is 8.89. The maximum Gasteiger partial charge on any atom is 0.488 e. The van der Waals surface area contributed by atoms with Crippen molar-refractivity contribution in [2.45, 2.75) is 12.8 Å². The van der Waals surface area contributed by atoms with Gasteiger partial charge in [-0.25, -0.2) is 0 Å². The molecule has 0 radical (unpaired) electrons. The highest BCUT2D eigenvalue weighted by molar-refractivity contribution is 6.58. The van der Waals surface area contributed by atoms with E-state index in [1.54, 1.807) is 12.1 Å². The lowest BCUT2D eigenvalue weighted by atomic mass is 9.80. The standard InChI is InChI=1S/C11H14BNO3/c14-11(13-7-8-1-2-8)9-3-5-10(6-4-9)12(15)16/h3-6,8,15-16H,1-2,7H2,(H,13,14). The van der Waals surface area contributed by atoms with Crippen LogP contribution in [0.3, 0.4) is 0 Å². The fourth-order valence-electron chi connectivity index (χ4n) is 1.47. The number of nitrogens with one attached hydrogen (secondary N) is 1. The average molecular weight is 219 g/mol. The third-order valence-corrected chi connectivity index (χ3v) is 2.72. The molecular formula is C11H14BNO3. The molecular weight excluding hydrogens is 205 g/mol. The molecule has 1 saturated carbocycles. The van der Waals surface area contributed by atoms with E-state index in [9.17, 15) is 4.79 Å². The van der Waals surface area contributed by atoms with Crippen LogP contribution < -0.4 is 10.8 Å². The summed E-state index contributed by atoms with van der Waals surface area (Å²) in [6, 6.07) is 6.27. The van der Waals surface area contributed by atoms with E-state index in [1.165, 1.54) is 25.0 Å². The molecule has 1 fully saturated rings. The first-order valence-electron chi connectivity index (χ1n) is 5.41. The number of amides is 1. The molecule has 0 heterocycles. The van der Waals surface area contributed by atoms with E-state index in [1.807, 2.05) is 0 Å². The fourth-order valence-corrected chi connectivity index (χ4v) is 1.47. The molecule has 1 amide bonds. The molecule has 0 atom stereocenters. The van der Waals surface area contributed by atoms with E-state index in [4.69, 9.17) is 10.0 Å². The van der Waals surface area contributed by atoms with Crippen molar-refractivity contribution in [1.82, 2.24) is 5.32 Å². The molecule has 0 spiro atoms. The Kier molecular flexibility index (Phi) is 3.26. The highest BCUT2D eigenvalue weighted by atomic mass is 16.4. The van der Waals surface area contributed by atoms with Crippen LogP contribution in [-0.4, -0.2) is 29.6 Å². The molecule has 84 valence electrons. The van der Waals surface area contributed by atoms with E-state index >= 15 is 0 Å². The minimum Gasteiger partial charge on any atom is -0.423 e. The molecule has 2 rings (SSSR count). The van der Waals surface area contributed by atoms with Gasteiger partial charge >= 0.3 is 7.12 Å². The van der Waals surface area contributed by atoms with Crippen molar-refractivity contribution in [2.24, 2.45) is 5.92 Å². The summed E-state index contributed by atoms with van der Waals surface area (Å²) >= 11 is 0. The van der Waals surface area contributed by atoms with Crippen molar-refractivity contribution in [3.8, 4) is 0 Å². The van der Waals surface area contributed by atoms with Gasteiger partial charge in [0.15, 0.2) is 0 Å². The van der Waals surface area contributed by atoms with Gasteiger partial charge in [0.1, 0.15) is 0 Å². The SMILES string of the molecule is O=C(NCC1CC1)c1ccc(B(O)O)cc1. The number of carbonyl (C=O) groups is 1. The number of carbonyl (C=O) groups excluding carboxylic acids is 1. The molecule has 0 bridgehead atoms.